The Morgan fingerprint density at radius 2 is 2.25 bits per heavy atom. The van der Waals surface area contributed by atoms with E-state index in [1.165, 1.54) is 6.92 Å². The summed E-state index contributed by atoms with van der Waals surface area (Å²) in [7, 11) is 0. The van der Waals surface area contributed by atoms with E-state index >= 15 is 0 Å². The molecule has 2 nitrogen and oxygen atoms in total. The van der Waals surface area contributed by atoms with Crippen molar-refractivity contribution in [1.29, 1.82) is 5.26 Å². The number of hydrogen-bond acceptors (Lipinski definition) is 2. The van der Waals surface area contributed by atoms with Crippen LogP contribution in [0.15, 0.2) is 0 Å². The van der Waals surface area contributed by atoms with Gasteiger partial charge in [0.25, 0.3) is 0 Å². The molecular formula is C6H11NO. The van der Waals surface area contributed by atoms with E-state index in [2.05, 4.69) is 0 Å². The first-order valence-corrected chi connectivity index (χ1v) is 2.76. The first-order chi connectivity index (χ1) is 3.62. The molecule has 0 bridgehead atoms. The molecule has 46 valence electrons. The highest BCUT2D eigenvalue weighted by Gasteiger charge is 2.16. The molecule has 0 aliphatic heterocycles. The Balaban J connectivity index is 3.59. The molecule has 0 fully saturated rings. The van der Waals surface area contributed by atoms with E-state index in [1.807, 2.05) is 6.92 Å². The minimum Gasteiger partial charge on any atom is -0.376 e. The summed E-state index contributed by atoms with van der Waals surface area (Å²) in [5.74, 6) is 0. The Kier molecular flexibility index (Phi) is 2.50. The fourth-order valence-corrected chi connectivity index (χ4v) is 0.543. The van der Waals surface area contributed by atoms with Crippen molar-refractivity contribution < 1.29 is 5.11 Å². The van der Waals surface area contributed by atoms with Crippen LogP contribution in [-0.4, -0.2) is 10.7 Å². The highest BCUT2D eigenvalue weighted by atomic mass is 16.3. The SMILES string of the molecule is CCC[C@@](C)(O)C#N. The van der Waals surface area contributed by atoms with Crippen LogP contribution in [0.3, 0.4) is 0 Å². The minimum absolute atomic E-state index is 0.559. The van der Waals surface area contributed by atoms with Gasteiger partial charge in [-0.2, -0.15) is 5.26 Å². The average molecular weight is 113 g/mol. The van der Waals surface area contributed by atoms with Gasteiger partial charge in [0.05, 0.1) is 6.07 Å². The summed E-state index contributed by atoms with van der Waals surface area (Å²) >= 11 is 0. The van der Waals surface area contributed by atoms with Crippen LogP contribution < -0.4 is 0 Å². The molecule has 1 N–H and O–H groups in total. The van der Waals surface area contributed by atoms with Crippen molar-refractivity contribution in [3.05, 3.63) is 0 Å². The normalized spacial score (nSPS) is 16.8. The van der Waals surface area contributed by atoms with E-state index in [0.29, 0.717) is 6.42 Å². The number of rotatable bonds is 2. The van der Waals surface area contributed by atoms with E-state index in [0.717, 1.165) is 6.42 Å². The second kappa shape index (κ2) is 2.68. The third-order valence-corrected chi connectivity index (χ3v) is 0.978. The van der Waals surface area contributed by atoms with Gasteiger partial charge in [-0.3, -0.25) is 0 Å². The summed E-state index contributed by atoms with van der Waals surface area (Å²) in [6.45, 7) is 3.46. The lowest BCUT2D eigenvalue weighted by molar-refractivity contribution is 0.109. The minimum atomic E-state index is -1.10. The van der Waals surface area contributed by atoms with Crippen molar-refractivity contribution in [2.75, 3.05) is 0 Å². The summed E-state index contributed by atoms with van der Waals surface area (Å²) in [6, 6.07) is 1.80. The number of hydrogen-bond donors (Lipinski definition) is 1. The summed E-state index contributed by atoms with van der Waals surface area (Å²) in [5.41, 5.74) is -1.10. The maximum atomic E-state index is 8.96. The zero-order valence-corrected chi connectivity index (χ0v) is 5.31. The molecule has 0 aliphatic rings. The molecule has 0 aromatic carbocycles. The van der Waals surface area contributed by atoms with Gasteiger partial charge >= 0.3 is 0 Å². The fourth-order valence-electron chi connectivity index (χ4n) is 0.543. The Hall–Kier alpha value is -0.550. The van der Waals surface area contributed by atoms with Gasteiger partial charge in [0, 0.05) is 0 Å². The van der Waals surface area contributed by atoms with Gasteiger partial charge in [0.15, 0.2) is 0 Å². The van der Waals surface area contributed by atoms with E-state index < -0.39 is 5.60 Å². The molecule has 0 unspecified atom stereocenters. The molecule has 0 aromatic rings. The molecular weight excluding hydrogens is 102 g/mol. The van der Waals surface area contributed by atoms with Gasteiger partial charge in [-0.15, -0.1) is 0 Å². The van der Waals surface area contributed by atoms with Gasteiger partial charge in [-0.1, -0.05) is 13.3 Å². The maximum Gasteiger partial charge on any atom is 0.148 e. The van der Waals surface area contributed by atoms with Gasteiger partial charge in [0.1, 0.15) is 5.60 Å². The molecule has 0 heterocycles. The maximum absolute atomic E-state index is 8.96. The van der Waals surface area contributed by atoms with Crippen molar-refractivity contribution in [2.45, 2.75) is 32.3 Å². The van der Waals surface area contributed by atoms with Gasteiger partial charge in [-0.05, 0) is 13.3 Å². The van der Waals surface area contributed by atoms with E-state index in [1.54, 1.807) is 6.07 Å². The predicted molar refractivity (Wildman–Crippen MR) is 31.1 cm³/mol. The molecule has 1 atom stereocenters. The lowest BCUT2D eigenvalue weighted by atomic mass is 10.0. The number of nitriles is 1. The van der Waals surface area contributed by atoms with Crippen LogP contribution in [-0.2, 0) is 0 Å². The summed E-state index contributed by atoms with van der Waals surface area (Å²) in [5, 5.41) is 17.2. The van der Waals surface area contributed by atoms with Gasteiger partial charge in [-0.25, -0.2) is 0 Å². The van der Waals surface area contributed by atoms with Crippen molar-refractivity contribution in [2.24, 2.45) is 0 Å². The standard InChI is InChI=1S/C6H11NO/c1-3-4-6(2,8)5-7/h8H,3-4H2,1-2H3/t6-/m1/s1. The Bertz CT molecular complexity index is 102. The first-order valence-electron chi connectivity index (χ1n) is 2.76. The zero-order chi connectivity index (χ0) is 6.62. The lowest BCUT2D eigenvalue weighted by Crippen LogP contribution is -2.19. The average Bonchev–Trinajstić information content (AvgIpc) is 1.67. The van der Waals surface area contributed by atoms with E-state index in [4.69, 9.17) is 10.4 Å². The molecule has 0 amide bonds. The first kappa shape index (κ1) is 7.45. The van der Waals surface area contributed by atoms with Gasteiger partial charge < -0.3 is 5.11 Å². The highest BCUT2D eigenvalue weighted by molar-refractivity contribution is 4.95. The quantitative estimate of drug-likeness (QED) is 0.544. The van der Waals surface area contributed by atoms with Crippen LogP contribution in [0.4, 0.5) is 0 Å². The van der Waals surface area contributed by atoms with E-state index in [-0.39, 0.29) is 0 Å². The zero-order valence-electron chi connectivity index (χ0n) is 5.31. The molecule has 0 saturated heterocycles. The Morgan fingerprint density at radius 1 is 1.75 bits per heavy atom. The highest BCUT2D eigenvalue weighted by Crippen LogP contribution is 2.08. The fraction of sp³-hybridized carbons (Fsp3) is 0.833. The Labute approximate surface area is 49.8 Å². The topological polar surface area (TPSA) is 44.0 Å². The van der Waals surface area contributed by atoms with Crippen molar-refractivity contribution in [3.8, 4) is 6.07 Å². The van der Waals surface area contributed by atoms with E-state index in [9.17, 15) is 0 Å². The molecule has 0 aromatic heterocycles. The smallest absolute Gasteiger partial charge is 0.148 e. The Morgan fingerprint density at radius 3 is 2.38 bits per heavy atom. The number of aliphatic hydroxyl groups is 1. The predicted octanol–water partition coefficient (Wildman–Crippen LogP) is 1.06. The van der Waals surface area contributed by atoms with Gasteiger partial charge in [0.2, 0.25) is 0 Å². The second-order valence-electron chi connectivity index (χ2n) is 2.14. The molecule has 2 heteroatoms. The lowest BCUT2D eigenvalue weighted by Gasteiger charge is -2.10. The van der Waals surface area contributed by atoms with Crippen LogP contribution in [0.1, 0.15) is 26.7 Å². The van der Waals surface area contributed by atoms with Crippen LogP contribution in [0.5, 0.6) is 0 Å². The summed E-state index contributed by atoms with van der Waals surface area (Å²) in [6.07, 6.45) is 1.41. The van der Waals surface area contributed by atoms with Crippen molar-refractivity contribution in [1.82, 2.24) is 0 Å². The van der Waals surface area contributed by atoms with Crippen molar-refractivity contribution >= 4 is 0 Å². The molecule has 0 aliphatic carbocycles. The second-order valence-corrected chi connectivity index (χ2v) is 2.14. The molecule has 0 radical (unpaired) electrons. The molecule has 0 spiro atoms. The third-order valence-electron chi connectivity index (χ3n) is 0.978. The monoisotopic (exact) mass is 113 g/mol. The van der Waals surface area contributed by atoms with Crippen LogP contribution >= 0.6 is 0 Å². The summed E-state index contributed by atoms with van der Waals surface area (Å²) < 4.78 is 0. The molecule has 0 saturated carbocycles. The largest absolute Gasteiger partial charge is 0.376 e. The number of nitrogens with zero attached hydrogens (tertiary/aromatic N) is 1. The van der Waals surface area contributed by atoms with Crippen molar-refractivity contribution in [3.63, 3.8) is 0 Å². The molecule has 0 rings (SSSR count). The summed E-state index contributed by atoms with van der Waals surface area (Å²) in [4.78, 5) is 0. The third kappa shape index (κ3) is 2.59. The molecule has 8 heavy (non-hydrogen) atoms. The van der Waals surface area contributed by atoms with Crippen LogP contribution in [0, 0.1) is 11.3 Å². The van der Waals surface area contributed by atoms with Crippen LogP contribution in [0.2, 0.25) is 0 Å². The van der Waals surface area contributed by atoms with Crippen LogP contribution in [0.25, 0.3) is 0 Å².